The molecule has 3 aromatic rings. The number of benzene rings is 1. The molecule has 192 valence electrons. The molecule has 0 saturated carbocycles. The van der Waals surface area contributed by atoms with Crippen molar-refractivity contribution >= 4 is 0 Å². The predicted molar refractivity (Wildman–Crippen MR) is 144 cm³/mol. The van der Waals surface area contributed by atoms with Gasteiger partial charge in [-0.2, -0.15) is 29.3 Å². The van der Waals surface area contributed by atoms with Gasteiger partial charge in [-0.05, 0) is 6.42 Å². The molecule has 3 aromatic carbocycles. The Bertz CT molecular complexity index is 780. The van der Waals surface area contributed by atoms with E-state index in [0.717, 1.165) is 0 Å². The van der Waals surface area contributed by atoms with Crippen LogP contribution in [0.2, 0.25) is 0 Å². The Morgan fingerprint density at radius 3 is 1.63 bits per heavy atom. The van der Waals surface area contributed by atoms with E-state index in [1.54, 1.807) is 27.8 Å². The SMILES string of the molecule is CCCCc1c(CCCC)c(-c2ccccc2)[c-](CCCC)c1CCCC.[Cl-].[Cl-].[Ti+4].c1cc[cH-]c1. The molecule has 0 N–H and O–H groups in total. The van der Waals surface area contributed by atoms with Gasteiger partial charge in [-0.15, -0.1) is 16.7 Å². The van der Waals surface area contributed by atoms with E-state index in [1.807, 2.05) is 30.3 Å². The summed E-state index contributed by atoms with van der Waals surface area (Å²) in [6.07, 6.45) is 15.5. The van der Waals surface area contributed by atoms with Gasteiger partial charge in [0.2, 0.25) is 0 Å². The average Bonchev–Trinajstić information content (AvgIpc) is 3.50. The molecule has 0 spiro atoms. The summed E-state index contributed by atoms with van der Waals surface area (Å²) in [5.74, 6) is 0. The first-order valence-electron chi connectivity index (χ1n) is 13.3. The van der Waals surface area contributed by atoms with Crippen LogP contribution in [0.5, 0.6) is 0 Å². The number of hydrogen-bond donors (Lipinski definition) is 0. The van der Waals surface area contributed by atoms with Gasteiger partial charge in [-0.3, -0.25) is 0 Å². The van der Waals surface area contributed by atoms with Crippen molar-refractivity contribution in [2.24, 2.45) is 0 Å². The fourth-order valence-corrected chi connectivity index (χ4v) is 4.69. The van der Waals surface area contributed by atoms with Crippen LogP contribution in [0.3, 0.4) is 0 Å². The van der Waals surface area contributed by atoms with Gasteiger partial charge in [-0.1, -0.05) is 134 Å². The van der Waals surface area contributed by atoms with Gasteiger partial charge < -0.3 is 24.8 Å². The molecule has 0 aliphatic carbocycles. The van der Waals surface area contributed by atoms with Crippen LogP contribution in [0, 0.1) is 0 Å². The normalized spacial score (nSPS) is 9.83. The zero-order chi connectivity index (χ0) is 23.0. The minimum atomic E-state index is 0. The topological polar surface area (TPSA) is 0 Å². The summed E-state index contributed by atoms with van der Waals surface area (Å²) in [7, 11) is 0. The molecule has 0 heterocycles. The second-order valence-electron chi connectivity index (χ2n) is 9.03. The van der Waals surface area contributed by atoms with Crippen molar-refractivity contribution in [2.45, 2.75) is 105 Å². The number of halogens is 2. The molecule has 0 bridgehead atoms. The molecule has 0 radical (unpaired) electrons. The van der Waals surface area contributed by atoms with E-state index in [1.165, 1.54) is 82.6 Å². The first-order chi connectivity index (χ1) is 15.8. The third-order valence-electron chi connectivity index (χ3n) is 6.44. The second-order valence-corrected chi connectivity index (χ2v) is 9.03. The summed E-state index contributed by atoms with van der Waals surface area (Å²) in [5.41, 5.74) is 9.96. The van der Waals surface area contributed by atoms with Crippen molar-refractivity contribution in [1.29, 1.82) is 0 Å². The Morgan fingerprint density at radius 2 is 1.14 bits per heavy atom. The largest absolute Gasteiger partial charge is 4.00 e. The van der Waals surface area contributed by atoms with Crippen molar-refractivity contribution in [3.05, 3.63) is 82.9 Å². The molecule has 0 amide bonds. The van der Waals surface area contributed by atoms with Gasteiger partial charge in [0.15, 0.2) is 0 Å². The monoisotopic (exact) mass is 548 g/mol. The van der Waals surface area contributed by atoms with Crippen LogP contribution in [0.1, 0.15) is 101 Å². The molecule has 0 atom stereocenters. The molecule has 0 fully saturated rings. The van der Waals surface area contributed by atoms with Crippen LogP contribution in [0.25, 0.3) is 11.1 Å². The molecule has 35 heavy (non-hydrogen) atoms. The molecule has 0 aliphatic rings. The summed E-state index contributed by atoms with van der Waals surface area (Å²) in [6.45, 7) is 9.31. The Balaban J connectivity index is 0. The first kappa shape index (κ1) is 36.4. The van der Waals surface area contributed by atoms with Gasteiger partial charge in [0.05, 0.1) is 0 Å². The molecule has 0 aromatic heterocycles. The Hall–Kier alpha value is -0.786. The van der Waals surface area contributed by atoms with E-state index in [0.29, 0.717) is 0 Å². The van der Waals surface area contributed by atoms with Crippen molar-refractivity contribution < 1.29 is 46.5 Å². The van der Waals surface area contributed by atoms with Gasteiger partial charge in [0, 0.05) is 0 Å². The molecular formula is C32H46Cl2Ti. The third kappa shape index (κ3) is 11.9. The van der Waals surface area contributed by atoms with E-state index in [2.05, 4.69) is 58.0 Å². The van der Waals surface area contributed by atoms with Gasteiger partial charge >= 0.3 is 21.7 Å². The van der Waals surface area contributed by atoms with E-state index >= 15 is 0 Å². The standard InChI is InChI=1S/C27H41.C5H5.2ClH.Ti/c1-5-9-18-23-24(19-10-6-2)26(21-12-8-4)27(25(23)20-11-7-3)22-16-14-13-15-17-22;1-2-4-5-3-1;;;/h13-17H,5-12,18-21H2,1-4H3;1-5H;2*1H;/q2*-1;;;+4/p-2. The van der Waals surface area contributed by atoms with Crippen molar-refractivity contribution in [3.63, 3.8) is 0 Å². The third-order valence-corrected chi connectivity index (χ3v) is 6.44. The summed E-state index contributed by atoms with van der Waals surface area (Å²) in [4.78, 5) is 0. The fraction of sp³-hybridized carbons (Fsp3) is 0.500. The van der Waals surface area contributed by atoms with Crippen LogP contribution in [-0.4, -0.2) is 0 Å². The molecule has 0 nitrogen and oxygen atoms in total. The summed E-state index contributed by atoms with van der Waals surface area (Å²) in [5, 5.41) is 0. The smallest absolute Gasteiger partial charge is 1.00 e. The van der Waals surface area contributed by atoms with Crippen molar-refractivity contribution in [2.75, 3.05) is 0 Å². The quantitative estimate of drug-likeness (QED) is 0.225. The zero-order valence-electron chi connectivity index (χ0n) is 22.5. The van der Waals surface area contributed by atoms with Crippen molar-refractivity contribution in [1.82, 2.24) is 0 Å². The minimum Gasteiger partial charge on any atom is -1.00 e. The zero-order valence-corrected chi connectivity index (χ0v) is 25.6. The number of rotatable bonds is 13. The number of hydrogen-bond acceptors (Lipinski definition) is 0. The van der Waals surface area contributed by atoms with E-state index in [9.17, 15) is 0 Å². The summed E-state index contributed by atoms with van der Waals surface area (Å²) >= 11 is 0. The molecule has 3 rings (SSSR count). The maximum absolute atomic E-state index is 2.34. The van der Waals surface area contributed by atoms with Crippen LogP contribution in [0.4, 0.5) is 0 Å². The Labute approximate surface area is 244 Å². The molecule has 0 saturated heterocycles. The molecule has 0 unspecified atom stereocenters. The van der Waals surface area contributed by atoms with Gasteiger partial charge in [0.1, 0.15) is 0 Å². The predicted octanol–water partition coefficient (Wildman–Crippen LogP) is 3.85. The van der Waals surface area contributed by atoms with E-state index in [4.69, 9.17) is 0 Å². The van der Waals surface area contributed by atoms with E-state index in [-0.39, 0.29) is 46.5 Å². The summed E-state index contributed by atoms with van der Waals surface area (Å²) < 4.78 is 0. The van der Waals surface area contributed by atoms with Gasteiger partial charge in [0.25, 0.3) is 0 Å². The summed E-state index contributed by atoms with van der Waals surface area (Å²) in [6, 6.07) is 21.3. The fourth-order valence-electron chi connectivity index (χ4n) is 4.69. The second kappa shape index (κ2) is 22.4. The maximum Gasteiger partial charge on any atom is 4.00 e. The molecular weight excluding hydrogens is 503 g/mol. The van der Waals surface area contributed by atoms with Crippen LogP contribution in [-0.2, 0) is 47.4 Å². The average molecular weight is 549 g/mol. The number of unbranched alkanes of at least 4 members (excludes halogenated alkanes) is 4. The van der Waals surface area contributed by atoms with E-state index < -0.39 is 0 Å². The van der Waals surface area contributed by atoms with Crippen LogP contribution < -0.4 is 24.8 Å². The minimum absolute atomic E-state index is 0. The van der Waals surface area contributed by atoms with Crippen molar-refractivity contribution in [3.8, 4) is 11.1 Å². The first-order valence-corrected chi connectivity index (χ1v) is 13.3. The van der Waals surface area contributed by atoms with Gasteiger partial charge in [-0.25, -0.2) is 12.1 Å². The van der Waals surface area contributed by atoms with Crippen LogP contribution >= 0.6 is 0 Å². The Kier molecular flexibility index (Phi) is 23.3. The van der Waals surface area contributed by atoms with Crippen LogP contribution in [0.15, 0.2) is 60.7 Å². The maximum atomic E-state index is 2.34. The molecule has 0 aliphatic heterocycles. The molecule has 3 heteroatoms. The Morgan fingerprint density at radius 1 is 0.629 bits per heavy atom.